The third-order valence-electron chi connectivity index (χ3n) is 3.64. The van der Waals surface area contributed by atoms with Crippen LogP contribution in [0.25, 0.3) is 0 Å². The van der Waals surface area contributed by atoms with E-state index in [0.29, 0.717) is 5.75 Å². The molecule has 1 heterocycles. The summed E-state index contributed by atoms with van der Waals surface area (Å²) in [5.41, 5.74) is 1.28. The summed E-state index contributed by atoms with van der Waals surface area (Å²) >= 11 is 0. The number of benzene rings is 1. The number of nitrogens with zero attached hydrogens (tertiary/aromatic N) is 1. The summed E-state index contributed by atoms with van der Waals surface area (Å²) in [5, 5.41) is 9.18. The number of methoxy groups -OCH3 is 1. The molecule has 0 radical (unpaired) electrons. The predicted molar refractivity (Wildman–Crippen MR) is 73.6 cm³/mol. The molecule has 1 aromatic carbocycles. The molecule has 0 bridgehead atoms. The van der Waals surface area contributed by atoms with Crippen LogP contribution in [-0.4, -0.2) is 36.2 Å². The van der Waals surface area contributed by atoms with E-state index in [9.17, 15) is 9.90 Å². The first kappa shape index (κ1) is 13.9. The van der Waals surface area contributed by atoms with Gasteiger partial charge in [-0.15, -0.1) is 0 Å². The molecule has 4 nitrogen and oxygen atoms in total. The lowest BCUT2D eigenvalue weighted by Crippen LogP contribution is -2.33. The second kappa shape index (κ2) is 6.06. The third-order valence-corrected chi connectivity index (χ3v) is 3.64. The summed E-state index contributed by atoms with van der Waals surface area (Å²) in [6, 6.07) is 5.41. The van der Waals surface area contributed by atoms with Crippen molar-refractivity contribution in [2.45, 2.75) is 26.3 Å². The molecule has 19 heavy (non-hydrogen) atoms. The summed E-state index contributed by atoms with van der Waals surface area (Å²) in [6.07, 6.45) is 2.52. The van der Waals surface area contributed by atoms with E-state index in [1.165, 1.54) is 20.0 Å². The van der Waals surface area contributed by atoms with Gasteiger partial charge < -0.3 is 9.84 Å². The van der Waals surface area contributed by atoms with Gasteiger partial charge >= 0.3 is 5.97 Å². The molecule has 0 aromatic heterocycles. The van der Waals surface area contributed by atoms with Crippen LogP contribution >= 0.6 is 0 Å². The quantitative estimate of drug-likeness (QED) is 0.907. The molecule has 4 heteroatoms. The Bertz CT molecular complexity index is 459. The Hall–Kier alpha value is -1.55. The predicted octanol–water partition coefficient (Wildman–Crippen LogP) is 2.63. The van der Waals surface area contributed by atoms with Crippen molar-refractivity contribution < 1.29 is 14.6 Å². The van der Waals surface area contributed by atoms with E-state index in [1.54, 1.807) is 12.1 Å². The number of hydrogen-bond donors (Lipinski definition) is 1. The van der Waals surface area contributed by atoms with Gasteiger partial charge in [0.15, 0.2) is 0 Å². The lowest BCUT2D eigenvalue weighted by Gasteiger charge is -2.30. The zero-order valence-electron chi connectivity index (χ0n) is 11.6. The standard InChI is InChI=1S/C15H21NO3/c1-11-4-3-7-16(9-11)10-12-5-6-14(19-2)13(8-12)15(17)18/h5-6,8,11H,3-4,7,9-10H2,1-2H3,(H,17,18). The molecule has 0 amide bonds. The van der Waals surface area contributed by atoms with Gasteiger partial charge in [-0.05, 0) is 43.0 Å². The fourth-order valence-electron chi connectivity index (χ4n) is 2.71. The number of piperidine rings is 1. The molecular formula is C15H21NO3. The summed E-state index contributed by atoms with van der Waals surface area (Å²) in [4.78, 5) is 13.6. The molecule has 2 rings (SSSR count). The summed E-state index contributed by atoms with van der Waals surface area (Å²) in [5.74, 6) is 0.208. The maximum atomic E-state index is 11.2. The van der Waals surface area contributed by atoms with Crippen LogP contribution in [0.5, 0.6) is 5.75 Å². The fraction of sp³-hybridized carbons (Fsp3) is 0.533. The van der Waals surface area contributed by atoms with E-state index in [4.69, 9.17) is 4.74 Å². The van der Waals surface area contributed by atoms with Crippen LogP contribution in [-0.2, 0) is 6.54 Å². The molecule has 0 aliphatic carbocycles. The summed E-state index contributed by atoms with van der Waals surface area (Å²) in [6.45, 7) is 5.27. The van der Waals surface area contributed by atoms with Crippen molar-refractivity contribution in [3.05, 3.63) is 29.3 Å². The Kier molecular flexibility index (Phi) is 4.43. The van der Waals surface area contributed by atoms with Gasteiger partial charge in [0.05, 0.1) is 7.11 Å². The van der Waals surface area contributed by atoms with Crippen molar-refractivity contribution in [3.63, 3.8) is 0 Å². The Labute approximate surface area is 114 Å². The highest BCUT2D eigenvalue weighted by Gasteiger charge is 2.17. The normalized spacial score (nSPS) is 20.2. The van der Waals surface area contributed by atoms with Gasteiger partial charge in [0.25, 0.3) is 0 Å². The first-order chi connectivity index (χ1) is 9.10. The lowest BCUT2D eigenvalue weighted by molar-refractivity contribution is 0.0693. The van der Waals surface area contributed by atoms with Gasteiger partial charge in [0.1, 0.15) is 11.3 Å². The SMILES string of the molecule is COc1ccc(CN2CCCC(C)C2)cc1C(=O)O. The van der Waals surface area contributed by atoms with Gasteiger partial charge in [0.2, 0.25) is 0 Å². The molecule has 1 unspecified atom stereocenters. The Morgan fingerprint density at radius 3 is 2.95 bits per heavy atom. The number of hydrogen-bond acceptors (Lipinski definition) is 3. The Morgan fingerprint density at radius 1 is 1.53 bits per heavy atom. The minimum Gasteiger partial charge on any atom is -0.496 e. The molecule has 0 saturated carbocycles. The molecule has 1 fully saturated rings. The monoisotopic (exact) mass is 263 g/mol. The van der Waals surface area contributed by atoms with Crippen molar-refractivity contribution in [2.24, 2.45) is 5.92 Å². The number of carbonyl (C=O) groups is 1. The summed E-state index contributed by atoms with van der Waals surface area (Å²) in [7, 11) is 1.49. The fourth-order valence-corrected chi connectivity index (χ4v) is 2.71. The number of rotatable bonds is 4. The average molecular weight is 263 g/mol. The molecule has 1 aliphatic rings. The average Bonchev–Trinajstić information content (AvgIpc) is 2.38. The number of aromatic carboxylic acids is 1. The molecule has 1 saturated heterocycles. The van der Waals surface area contributed by atoms with Crippen molar-refractivity contribution >= 4 is 5.97 Å². The largest absolute Gasteiger partial charge is 0.496 e. The summed E-state index contributed by atoms with van der Waals surface area (Å²) < 4.78 is 5.07. The van der Waals surface area contributed by atoms with Crippen LogP contribution in [0, 0.1) is 5.92 Å². The Morgan fingerprint density at radius 2 is 2.32 bits per heavy atom. The first-order valence-corrected chi connectivity index (χ1v) is 6.72. The van der Waals surface area contributed by atoms with E-state index >= 15 is 0 Å². The van der Waals surface area contributed by atoms with E-state index in [1.807, 2.05) is 6.07 Å². The van der Waals surface area contributed by atoms with Gasteiger partial charge in [-0.3, -0.25) is 4.90 Å². The van der Waals surface area contributed by atoms with Crippen molar-refractivity contribution in [3.8, 4) is 5.75 Å². The van der Waals surface area contributed by atoms with Crippen LogP contribution in [0.4, 0.5) is 0 Å². The second-order valence-corrected chi connectivity index (χ2v) is 5.32. The van der Waals surface area contributed by atoms with Gasteiger partial charge in [-0.1, -0.05) is 13.0 Å². The molecule has 0 spiro atoms. The van der Waals surface area contributed by atoms with Crippen LogP contribution in [0.15, 0.2) is 18.2 Å². The minimum atomic E-state index is -0.939. The van der Waals surface area contributed by atoms with E-state index < -0.39 is 5.97 Å². The van der Waals surface area contributed by atoms with Crippen molar-refractivity contribution in [1.82, 2.24) is 4.90 Å². The first-order valence-electron chi connectivity index (χ1n) is 6.72. The van der Waals surface area contributed by atoms with E-state index in [-0.39, 0.29) is 5.56 Å². The molecule has 1 aliphatic heterocycles. The van der Waals surface area contributed by atoms with E-state index in [0.717, 1.165) is 31.1 Å². The Balaban J connectivity index is 2.12. The van der Waals surface area contributed by atoms with Gasteiger partial charge in [0, 0.05) is 13.1 Å². The highest BCUT2D eigenvalue weighted by atomic mass is 16.5. The third kappa shape index (κ3) is 3.47. The highest BCUT2D eigenvalue weighted by molar-refractivity contribution is 5.91. The number of carboxylic acids is 1. The zero-order chi connectivity index (χ0) is 13.8. The van der Waals surface area contributed by atoms with Gasteiger partial charge in [-0.2, -0.15) is 0 Å². The van der Waals surface area contributed by atoms with Crippen LogP contribution in [0.2, 0.25) is 0 Å². The zero-order valence-corrected chi connectivity index (χ0v) is 11.6. The van der Waals surface area contributed by atoms with Gasteiger partial charge in [-0.25, -0.2) is 4.79 Å². The lowest BCUT2D eigenvalue weighted by atomic mass is 9.99. The molecule has 1 atom stereocenters. The van der Waals surface area contributed by atoms with Crippen molar-refractivity contribution in [1.29, 1.82) is 0 Å². The minimum absolute atomic E-state index is 0.241. The molecule has 1 N–H and O–H groups in total. The number of ether oxygens (including phenoxy) is 1. The number of carboxylic acid groups (broad SMARTS) is 1. The topological polar surface area (TPSA) is 49.8 Å². The molecule has 1 aromatic rings. The highest BCUT2D eigenvalue weighted by Crippen LogP contribution is 2.22. The van der Waals surface area contributed by atoms with Crippen molar-refractivity contribution in [2.75, 3.05) is 20.2 Å². The second-order valence-electron chi connectivity index (χ2n) is 5.32. The van der Waals surface area contributed by atoms with Crippen LogP contribution in [0.3, 0.4) is 0 Å². The molecular weight excluding hydrogens is 242 g/mol. The van der Waals surface area contributed by atoms with Crippen LogP contribution < -0.4 is 4.74 Å². The molecule has 104 valence electrons. The maximum absolute atomic E-state index is 11.2. The van der Waals surface area contributed by atoms with Crippen LogP contribution in [0.1, 0.15) is 35.7 Å². The smallest absolute Gasteiger partial charge is 0.339 e. The number of likely N-dealkylation sites (tertiary alicyclic amines) is 1. The van der Waals surface area contributed by atoms with E-state index in [2.05, 4.69) is 11.8 Å². The maximum Gasteiger partial charge on any atom is 0.339 e.